The lowest BCUT2D eigenvalue weighted by atomic mass is 10.0. The highest BCUT2D eigenvalue weighted by atomic mass is 31.2. The standard InChI is InChI=1S/C27H29O5P/c1-6-19-29-24-15-17-27(18-16-24)32-33(28,30-25-11-7-22(8-12-25)20(2)3)31-26-13-9-23(10-14-26)21(4)5/h1,7-18,20-21H,19H2,2-5H3. The van der Waals surface area contributed by atoms with Gasteiger partial charge in [0, 0.05) is 0 Å². The topological polar surface area (TPSA) is 54.0 Å². The van der Waals surface area contributed by atoms with E-state index >= 15 is 0 Å². The molecule has 0 spiro atoms. The van der Waals surface area contributed by atoms with Crippen LogP contribution in [0.1, 0.15) is 50.7 Å². The van der Waals surface area contributed by atoms with Crippen molar-refractivity contribution in [2.75, 3.05) is 6.61 Å². The van der Waals surface area contributed by atoms with Crippen LogP contribution in [0.2, 0.25) is 0 Å². The summed E-state index contributed by atoms with van der Waals surface area (Å²) >= 11 is 0. The Morgan fingerprint density at radius 3 is 1.33 bits per heavy atom. The number of terminal acetylenes is 1. The summed E-state index contributed by atoms with van der Waals surface area (Å²) in [6.07, 6.45) is 5.22. The van der Waals surface area contributed by atoms with Crippen molar-refractivity contribution in [1.29, 1.82) is 0 Å². The predicted molar refractivity (Wildman–Crippen MR) is 131 cm³/mol. The molecule has 0 aromatic heterocycles. The van der Waals surface area contributed by atoms with Gasteiger partial charge in [0.25, 0.3) is 0 Å². The Bertz CT molecular complexity index is 1050. The summed E-state index contributed by atoms with van der Waals surface area (Å²) in [6.45, 7) is 8.56. The Hall–Kier alpha value is -3.35. The second-order valence-corrected chi connectivity index (χ2v) is 9.57. The van der Waals surface area contributed by atoms with E-state index in [2.05, 4.69) is 33.6 Å². The van der Waals surface area contributed by atoms with Gasteiger partial charge >= 0.3 is 7.82 Å². The van der Waals surface area contributed by atoms with Gasteiger partial charge < -0.3 is 18.3 Å². The number of ether oxygens (including phenoxy) is 1. The van der Waals surface area contributed by atoms with Crippen molar-refractivity contribution in [1.82, 2.24) is 0 Å². The van der Waals surface area contributed by atoms with Crippen LogP contribution in [0.5, 0.6) is 23.0 Å². The van der Waals surface area contributed by atoms with Gasteiger partial charge in [-0.25, -0.2) is 0 Å². The fraction of sp³-hybridized carbons (Fsp3) is 0.259. The average Bonchev–Trinajstić information content (AvgIpc) is 2.79. The number of benzene rings is 3. The minimum atomic E-state index is -4.07. The van der Waals surface area contributed by atoms with Crippen molar-refractivity contribution in [2.24, 2.45) is 0 Å². The molecule has 0 bridgehead atoms. The van der Waals surface area contributed by atoms with Crippen LogP contribution in [0.3, 0.4) is 0 Å². The summed E-state index contributed by atoms with van der Waals surface area (Å²) < 4.78 is 36.3. The summed E-state index contributed by atoms with van der Waals surface area (Å²) in [4.78, 5) is 0. The molecular weight excluding hydrogens is 435 g/mol. The van der Waals surface area contributed by atoms with E-state index in [1.807, 2.05) is 24.3 Å². The van der Waals surface area contributed by atoms with E-state index < -0.39 is 7.82 Å². The molecule has 0 heterocycles. The second-order valence-electron chi connectivity index (χ2n) is 8.13. The largest absolute Gasteiger partial charge is 0.647 e. The smallest absolute Gasteiger partial charge is 0.481 e. The lowest BCUT2D eigenvalue weighted by Crippen LogP contribution is -2.08. The molecule has 3 aromatic rings. The molecule has 33 heavy (non-hydrogen) atoms. The van der Waals surface area contributed by atoms with E-state index in [9.17, 15) is 4.57 Å². The first kappa shape index (κ1) is 24.3. The molecule has 0 amide bonds. The van der Waals surface area contributed by atoms with E-state index in [1.54, 1.807) is 48.5 Å². The van der Waals surface area contributed by atoms with Gasteiger partial charge in [0.1, 0.15) is 29.6 Å². The predicted octanol–water partition coefficient (Wildman–Crippen LogP) is 7.59. The number of rotatable bonds is 10. The molecule has 3 rings (SSSR count). The number of hydrogen-bond acceptors (Lipinski definition) is 5. The zero-order valence-electron chi connectivity index (χ0n) is 19.4. The molecule has 0 aliphatic rings. The molecule has 5 nitrogen and oxygen atoms in total. The molecule has 0 atom stereocenters. The normalized spacial score (nSPS) is 11.2. The minimum Gasteiger partial charge on any atom is -0.481 e. The van der Waals surface area contributed by atoms with Crippen molar-refractivity contribution in [2.45, 2.75) is 39.5 Å². The molecule has 0 saturated heterocycles. The first-order chi connectivity index (χ1) is 15.8. The molecule has 0 fully saturated rings. The number of phosphoric ester groups is 1. The van der Waals surface area contributed by atoms with E-state index in [4.69, 9.17) is 24.7 Å². The zero-order valence-corrected chi connectivity index (χ0v) is 20.3. The van der Waals surface area contributed by atoms with Crippen LogP contribution in [0, 0.1) is 12.3 Å². The van der Waals surface area contributed by atoms with Crippen LogP contribution in [-0.2, 0) is 4.57 Å². The Labute approximate surface area is 196 Å². The van der Waals surface area contributed by atoms with Crippen LogP contribution in [0.25, 0.3) is 0 Å². The van der Waals surface area contributed by atoms with Gasteiger partial charge in [0.2, 0.25) is 0 Å². The lowest BCUT2D eigenvalue weighted by molar-refractivity contribution is 0.298. The van der Waals surface area contributed by atoms with Gasteiger partial charge in [0.15, 0.2) is 0 Å². The van der Waals surface area contributed by atoms with Crippen molar-refractivity contribution in [3.8, 4) is 35.3 Å². The van der Waals surface area contributed by atoms with Crippen LogP contribution < -0.4 is 18.3 Å². The van der Waals surface area contributed by atoms with E-state index in [0.29, 0.717) is 34.8 Å². The fourth-order valence-electron chi connectivity index (χ4n) is 2.99. The van der Waals surface area contributed by atoms with Gasteiger partial charge in [-0.1, -0.05) is 57.9 Å². The SMILES string of the molecule is C#CCOc1ccc(OP(=O)(Oc2ccc(C(C)C)cc2)Oc2ccc(C(C)C)cc2)cc1. The Morgan fingerprint density at radius 1 is 0.667 bits per heavy atom. The van der Waals surface area contributed by atoms with Crippen molar-refractivity contribution in [3.63, 3.8) is 0 Å². The van der Waals surface area contributed by atoms with Crippen LogP contribution >= 0.6 is 7.82 Å². The van der Waals surface area contributed by atoms with E-state index in [-0.39, 0.29) is 6.61 Å². The molecule has 0 saturated carbocycles. The zero-order chi connectivity index (χ0) is 23.8. The molecule has 0 N–H and O–H groups in total. The third kappa shape index (κ3) is 7.07. The maximum absolute atomic E-state index is 13.7. The van der Waals surface area contributed by atoms with Gasteiger partial charge in [0.05, 0.1) is 0 Å². The van der Waals surface area contributed by atoms with Gasteiger partial charge in [-0.3, -0.25) is 0 Å². The Kier molecular flexibility index (Phi) is 8.09. The quantitative estimate of drug-likeness (QED) is 0.229. The summed E-state index contributed by atoms with van der Waals surface area (Å²) in [6, 6.07) is 21.3. The van der Waals surface area contributed by atoms with Gasteiger partial charge in [-0.05, 0) is 71.5 Å². The molecule has 3 aromatic carbocycles. The summed E-state index contributed by atoms with van der Waals surface area (Å²) in [5, 5.41) is 0. The van der Waals surface area contributed by atoms with Gasteiger partial charge in [-0.2, -0.15) is 4.57 Å². The minimum absolute atomic E-state index is 0.156. The summed E-state index contributed by atoms with van der Waals surface area (Å²) in [5.41, 5.74) is 2.29. The van der Waals surface area contributed by atoms with Crippen LogP contribution in [0.15, 0.2) is 72.8 Å². The molecule has 0 radical (unpaired) electrons. The lowest BCUT2D eigenvalue weighted by Gasteiger charge is -2.20. The molecule has 0 aliphatic carbocycles. The first-order valence-electron chi connectivity index (χ1n) is 10.8. The highest BCUT2D eigenvalue weighted by molar-refractivity contribution is 7.49. The highest BCUT2D eigenvalue weighted by Gasteiger charge is 2.33. The fourth-order valence-corrected chi connectivity index (χ4v) is 4.24. The highest BCUT2D eigenvalue weighted by Crippen LogP contribution is 2.50. The summed E-state index contributed by atoms with van der Waals surface area (Å²) in [5.74, 6) is 4.80. The van der Waals surface area contributed by atoms with E-state index in [0.717, 1.165) is 11.1 Å². The van der Waals surface area contributed by atoms with E-state index in [1.165, 1.54) is 0 Å². The molecular formula is C27H29O5P. The third-order valence-corrected chi connectivity index (χ3v) is 6.19. The Morgan fingerprint density at radius 2 is 1.00 bits per heavy atom. The second kappa shape index (κ2) is 11.0. The third-order valence-electron chi connectivity index (χ3n) is 4.89. The van der Waals surface area contributed by atoms with Crippen molar-refractivity contribution < 1.29 is 22.9 Å². The van der Waals surface area contributed by atoms with Crippen molar-refractivity contribution in [3.05, 3.63) is 83.9 Å². The van der Waals surface area contributed by atoms with Crippen LogP contribution in [0.4, 0.5) is 0 Å². The Balaban J connectivity index is 1.84. The summed E-state index contributed by atoms with van der Waals surface area (Å²) in [7, 11) is -4.07. The maximum Gasteiger partial charge on any atom is 0.647 e. The van der Waals surface area contributed by atoms with Crippen LogP contribution in [-0.4, -0.2) is 6.61 Å². The number of phosphoric acid groups is 1. The maximum atomic E-state index is 13.7. The van der Waals surface area contributed by atoms with Crippen molar-refractivity contribution >= 4 is 7.82 Å². The monoisotopic (exact) mass is 464 g/mol. The number of hydrogen-bond donors (Lipinski definition) is 0. The van der Waals surface area contributed by atoms with Gasteiger partial charge in [-0.15, -0.1) is 6.42 Å². The molecule has 172 valence electrons. The average molecular weight is 464 g/mol. The molecule has 0 unspecified atom stereocenters. The first-order valence-corrected chi connectivity index (χ1v) is 12.3. The molecule has 6 heteroatoms. The molecule has 0 aliphatic heterocycles.